The second-order valence-electron chi connectivity index (χ2n) is 9.13. The van der Waals surface area contributed by atoms with E-state index in [4.69, 9.17) is 9.83 Å². The van der Waals surface area contributed by atoms with E-state index in [0.29, 0.717) is 33.5 Å². The fourth-order valence-electron chi connectivity index (χ4n) is 4.00. The van der Waals surface area contributed by atoms with Crippen LogP contribution in [0.1, 0.15) is 29.2 Å². The van der Waals surface area contributed by atoms with E-state index in [9.17, 15) is 9.90 Å². The number of aromatic amines is 1. The summed E-state index contributed by atoms with van der Waals surface area (Å²) in [5.41, 5.74) is 5.38. The van der Waals surface area contributed by atoms with Crippen molar-refractivity contribution in [2.24, 2.45) is 4.99 Å². The minimum atomic E-state index is -0.327. The summed E-state index contributed by atoms with van der Waals surface area (Å²) < 4.78 is 0.413. The molecule has 1 heterocycles. The average molecular weight is 496 g/mol. The van der Waals surface area contributed by atoms with Crippen molar-refractivity contribution in [2.45, 2.75) is 13.5 Å². The second-order valence-corrected chi connectivity index (χ2v) is 9.13. The number of carbonyl (C=O) groups is 1. The van der Waals surface area contributed by atoms with E-state index in [-0.39, 0.29) is 11.8 Å². The molecule has 7 heteroatoms. The van der Waals surface area contributed by atoms with Gasteiger partial charge in [0.25, 0.3) is 5.91 Å². The third-order valence-electron chi connectivity index (χ3n) is 5.96. The monoisotopic (exact) mass is 495 g/mol. The van der Waals surface area contributed by atoms with Crippen LogP contribution in [-0.2, 0) is 16.2 Å². The SMILES string of the molecule is CCNC(=O)C#Cc1ccc2c(C(=Nc3ccc(C[N+](C)(C)OC)cc3)c3ccccc3)c(O)[nH]c2c1. The molecule has 37 heavy (non-hydrogen) atoms. The molecule has 3 N–H and O–H groups in total. The molecule has 0 radical (unpaired) electrons. The number of aromatic nitrogens is 1. The van der Waals surface area contributed by atoms with Gasteiger partial charge in [0.05, 0.1) is 43.7 Å². The van der Waals surface area contributed by atoms with Gasteiger partial charge in [0.1, 0.15) is 6.54 Å². The van der Waals surface area contributed by atoms with Crippen molar-refractivity contribution in [1.29, 1.82) is 0 Å². The minimum absolute atomic E-state index is 0.0159. The number of benzene rings is 3. The first kappa shape index (κ1) is 25.7. The third-order valence-corrected chi connectivity index (χ3v) is 5.96. The molecule has 0 unspecified atom stereocenters. The van der Waals surface area contributed by atoms with Gasteiger partial charge in [-0.05, 0) is 31.2 Å². The van der Waals surface area contributed by atoms with Gasteiger partial charge in [-0.15, -0.1) is 0 Å². The van der Waals surface area contributed by atoms with Gasteiger partial charge in [-0.1, -0.05) is 54.5 Å². The van der Waals surface area contributed by atoms with Gasteiger partial charge in [0.2, 0.25) is 0 Å². The van der Waals surface area contributed by atoms with Crippen molar-refractivity contribution in [3.05, 3.63) is 95.1 Å². The number of fused-ring (bicyclic) bond motifs is 1. The number of quaternary nitrogens is 1. The van der Waals surface area contributed by atoms with Crippen LogP contribution in [-0.4, -0.2) is 54.1 Å². The Kier molecular flexibility index (Phi) is 7.73. The Morgan fingerprint density at radius 3 is 2.49 bits per heavy atom. The summed E-state index contributed by atoms with van der Waals surface area (Å²) in [5, 5.41) is 14.4. The van der Waals surface area contributed by atoms with Crippen molar-refractivity contribution in [3.63, 3.8) is 0 Å². The van der Waals surface area contributed by atoms with Gasteiger partial charge in [0.15, 0.2) is 5.88 Å². The van der Waals surface area contributed by atoms with Gasteiger partial charge in [-0.3, -0.25) is 4.79 Å². The Labute approximate surface area is 217 Å². The lowest BCUT2D eigenvalue weighted by molar-refractivity contribution is -1.08. The molecule has 0 aliphatic rings. The highest BCUT2D eigenvalue weighted by Crippen LogP contribution is 2.32. The molecule has 0 atom stereocenters. The first-order chi connectivity index (χ1) is 17.8. The summed E-state index contributed by atoms with van der Waals surface area (Å²) >= 11 is 0. The molecule has 0 spiro atoms. The number of hydrogen-bond acceptors (Lipinski definition) is 4. The lowest BCUT2D eigenvalue weighted by atomic mass is 10.00. The maximum Gasteiger partial charge on any atom is 0.296 e. The average Bonchev–Trinajstić information content (AvgIpc) is 3.22. The lowest BCUT2D eigenvalue weighted by Gasteiger charge is -2.24. The molecular weight excluding hydrogens is 464 g/mol. The van der Waals surface area contributed by atoms with Crippen LogP contribution in [0.5, 0.6) is 5.88 Å². The highest BCUT2D eigenvalue weighted by Gasteiger charge is 2.19. The summed E-state index contributed by atoms with van der Waals surface area (Å²) in [4.78, 5) is 25.2. The molecule has 4 rings (SSSR count). The number of aliphatic imine (C=N–C) groups is 1. The summed E-state index contributed by atoms with van der Waals surface area (Å²) in [5.74, 6) is 5.14. The van der Waals surface area contributed by atoms with Gasteiger partial charge in [-0.25, -0.2) is 9.83 Å². The molecule has 4 aromatic rings. The lowest BCUT2D eigenvalue weighted by Crippen LogP contribution is -2.37. The van der Waals surface area contributed by atoms with E-state index in [0.717, 1.165) is 28.7 Å². The Morgan fingerprint density at radius 2 is 1.81 bits per heavy atom. The van der Waals surface area contributed by atoms with E-state index < -0.39 is 0 Å². The maximum absolute atomic E-state index is 11.7. The third kappa shape index (κ3) is 6.25. The first-order valence-electron chi connectivity index (χ1n) is 12.1. The van der Waals surface area contributed by atoms with Crippen LogP contribution in [0.3, 0.4) is 0 Å². The fraction of sp³-hybridized carbons (Fsp3) is 0.200. The molecule has 0 aliphatic carbocycles. The van der Waals surface area contributed by atoms with Crippen molar-refractivity contribution >= 4 is 28.2 Å². The van der Waals surface area contributed by atoms with Crippen molar-refractivity contribution in [3.8, 4) is 17.7 Å². The molecule has 188 valence electrons. The van der Waals surface area contributed by atoms with Crippen molar-refractivity contribution in [1.82, 2.24) is 10.3 Å². The number of aromatic hydroxyl groups is 1. The van der Waals surface area contributed by atoms with Crippen molar-refractivity contribution in [2.75, 3.05) is 27.7 Å². The molecule has 3 aromatic carbocycles. The second kappa shape index (κ2) is 11.1. The molecule has 1 aromatic heterocycles. The van der Waals surface area contributed by atoms with Crippen LogP contribution in [0.15, 0.2) is 77.8 Å². The smallest absolute Gasteiger partial charge is 0.296 e. The van der Waals surface area contributed by atoms with Gasteiger partial charge >= 0.3 is 0 Å². The number of hydroxylamine groups is 3. The van der Waals surface area contributed by atoms with Crippen LogP contribution < -0.4 is 5.32 Å². The van der Waals surface area contributed by atoms with Crippen LogP contribution in [0.2, 0.25) is 0 Å². The zero-order chi connectivity index (χ0) is 26.4. The number of hydrogen-bond donors (Lipinski definition) is 3. The molecule has 1 amide bonds. The zero-order valence-electron chi connectivity index (χ0n) is 21.5. The topological polar surface area (TPSA) is 86.7 Å². The quantitative estimate of drug-likeness (QED) is 0.151. The largest absolute Gasteiger partial charge is 0.494 e. The Bertz CT molecular complexity index is 1490. The highest BCUT2D eigenvalue weighted by molar-refractivity contribution is 6.22. The van der Waals surface area contributed by atoms with E-state index in [1.54, 1.807) is 7.11 Å². The van der Waals surface area contributed by atoms with E-state index in [1.165, 1.54) is 0 Å². The van der Waals surface area contributed by atoms with Crippen LogP contribution in [0.25, 0.3) is 10.9 Å². The van der Waals surface area contributed by atoms with Crippen molar-refractivity contribution < 1.29 is 19.4 Å². The summed E-state index contributed by atoms with van der Waals surface area (Å²) in [6, 6.07) is 23.3. The minimum Gasteiger partial charge on any atom is -0.494 e. The highest BCUT2D eigenvalue weighted by atomic mass is 16.7. The van der Waals surface area contributed by atoms with Gasteiger partial charge < -0.3 is 15.4 Å². The molecule has 0 bridgehead atoms. The Morgan fingerprint density at radius 1 is 1.08 bits per heavy atom. The summed E-state index contributed by atoms with van der Waals surface area (Å²) in [7, 11) is 5.68. The normalized spacial score (nSPS) is 11.7. The van der Waals surface area contributed by atoms with Crippen LogP contribution >= 0.6 is 0 Å². The van der Waals surface area contributed by atoms with E-state index in [2.05, 4.69) is 22.1 Å². The molecular formula is C30H31N4O3+. The number of amides is 1. The van der Waals surface area contributed by atoms with Crippen LogP contribution in [0, 0.1) is 11.8 Å². The van der Waals surface area contributed by atoms with Gasteiger partial charge in [0, 0.05) is 34.5 Å². The molecule has 0 aliphatic heterocycles. The number of nitrogens with zero attached hydrogens (tertiary/aromatic N) is 2. The summed E-state index contributed by atoms with van der Waals surface area (Å²) in [6.07, 6.45) is 0. The van der Waals surface area contributed by atoms with Gasteiger partial charge in [-0.2, -0.15) is 4.65 Å². The Balaban J connectivity index is 1.76. The van der Waals surface area contributed by atoms with E-state index in [1.807, 2.05) is 93.8 Å². The molecule has 0 fully saturated rings. The standard InChI is InChI=1S/C30H30N4O3/c1-5-31-27(35)18-14-21-13-17-25-26(19-21)33-30(36)28(25)29(23-9-7-6-8-10-23)32-24-15-11-22(12-16-24)20-34(2,3)37-4/h6-13,15-17,19H,5,20H2,1-4H3,(H2-,31,32,33,35,36)/p+1. The number of carbonyl (C=O) groups excluding carboxylic acids is 1. The van der Waals surface area contributed by atoms with E-state index >= 15 is 0 Å². The number of nitrogens with one attached hydrogen (secondary N) is 2. The zero-order valence-corrected chi connectivity index (χ0v) is 21.5. The molecule has 0 saturated carbocycles. The first-order valence-corrected chi connectivity index (χ1v) is 12.1. The predicted molar refractivity (Wildman–Crippen MR) is 147 cm³/mol. The molecule has 7 nitrogen and oxygen atoms in total. The molecule has 0 saturated heterocycles. The Hall–Kier alpha value is -4.38. The number of rotatable bonds is 7. The maximum atomic E-state index is 11.7. The predicted octanol–water partition coefficient (Wildman–Crippen LogP) is 4.67. The fourth-order valence-corrected chi connectivity index (χ4v) is 4.00. The van der Waals surface area contributed by atoms with Crippen LogP contribution in [0.4, 0.5) is 5.69 Å². The number of H-pyrrole nitrogens is 1. The summed E-state index contributed by atoms with van der Waals surface area (Å²) in [6.45, 7) is 3.09.